The number of benzene rings is 1. The molecule has 0 bridgehead atoms. The normalized spacial score (nSPS) is 15.0. The first kappa shape index (κ1) is 16.1. The van der Waals surface area contributed by atoms with E-state index in [4.69, 9.17) is 9.84 Å². The summed E-state index contributed by atoms with van der Waals surface area (Å²) < 4.78 is 5.35. The highest BCUT2D eigenvalue weighted by atomic mass is 32.2. The number of hydrogen-bond acceptors (Lipinski definition) is 5. The number of carbonyl (C=O) groups is 1. The molecule has 0 fully saturated rings. The van der Waals surface area contributed by atoms with E-state index in [1.54, 1.807) is 0 Å². The first-order valence-electron chi connectivity index (χ1n) is 7.19. The summed E-state index contributed by atoms with van der Waals surface area (Å²) >= 11 is 1.84. The Kier molecular flexibility index (Phi) is 6.35. The van der Waals surface area contributed by atoms with Gasteiger partial charge in [0.05, 0.1) is 5.69 Å². The highest BCUT2D eigenvalue weighted by Crippen LogP contribution is 2.30. The molecule has 0 spiro atoms. The molecule has 1 aliphatic rings. The fraction of sp³-hybridized carbons (Fsp3) is 0.533. The van der Waals surface area contributed by atoms with E-state index >= 15 is 0 Å². The fourth-order valence-electron chi connectivity index (χ4n) is 2.10. The molecule has 0 radical (unpaired) electrons. The summed E-state index contributed by atoms with van der Waals surface area (Å²) in [7, 11) is 0. The molecule has 5 nitrogen and oxygen atoms in total. The molecule has 0 aliphatic carbocycles. The Morgan fingerprint density at radius 2 is 2.33 bits per heavy atom. The van der Waals surface area contributed by atoms with Crippen molar-refractivity contribution < 1.29 is 14.6 Å². The summed E-state index contributed by atoms with van der Waals surface area (Å²) in [6.45, 7) is 3.37. The lowest BCUT2D eigenvalue weighted by molar-refractivity contribution is -0.118. The molecule has 21 heavy (non-hydrogen) atoms. The van der Waals surface area contributed by atoms with Gasteiger partial charge in [-0.3, -0.25) is 4.79 Å². The first-order chi connectivity index (χ1) is 10.2. The summed E-state index contributed by atoms with van der Waals surface area (Å²) in [5.74, 6) is 2.63. The standard InChI is InChI=1S/C15H22N2O3S/c1-11(16-5-8-21-7-2-6-18)12-3-4-14-13(9-12)17-15(19)10-20-14/h3-4,9,11,16,18H,2,5-8,10H2,1H3,(H,17,19). The Morgan fingerprint density at radius 1 is 1.48 bits per heavy atom. The van der Waals surface area contributed by atoms with Crippen molar-refractivity contribution in [3.05, 3.63) is 23.8 Å². The van der Waals surface area contributed by atoms with Crippen LogP contribution in [0.15, 0.2) is 18.2 Å². The second kappa shape index (κ2) is 8.26. The highest BCUT2D eigenvalue weighted by molar-refractivity contribution is 7.99. The summed E-state index contributed by atoms with van der Waals surface area (Å²) in [6.07, 6.45) is 0.852. The van der Waals surface area contributed by atoms with E-state index in [2.05, 4.69) is 17.6 Å². The van der Waals surface area contributed by atoms with Crippen molar-refractivity contribution in [2.45, 2.75) is 19.4 Å². The summed E-state index contributed by atoms with van der Waals surface area (Å²) in [5, 5.41) is 15.0. The van der Waals surface area contributed by atoms with Crippen LogP contribution in [0.5, 0.6) is 5.75 Å². The zero-order chi connectivity index (χ0) is 15.1. The molecule has 1 amide bonds. The van der Waals surface area contributed by atoms with Crippen LogP contribution in [0.4, 0.5) is 5.69 Å². The number of carbonyl (C=O) groups excluding carboxylic acids is 1. The lowest BCUT2D eigenvalue weighted by Crippen LogP contribution is -2.26. The maximum Gasteiger partial charge on any atom is 0.262 e. The van der Waals surface area contributed by atoms with Gasteiger partial charge in [-0.2, -0.15) is 11.8 Å². The van der Waals surface area contributed by atoms with E-state index in [0.717, 1.165) is 41.5 Å². The van der Waals surface area contributed by atoms with Crippen LogP contribution in [-0.2, 0) is 4.79 Å². The number of aliphatic hydroxyl groups excluding tert-OH is 1. The lowest BCUT2D eigenvalue weighted by Gasteiger charge is -2.21. The minimum Gasteiger partial charge on any atom is -0.482 e. The van der Waals surface area contributed by atoms with E-state index in [1.165, 1.54) is 0 Å². The van der Waals surface area contributed by atoms with Crippen molar-refractivity contribution in [2.24, 2.45) is 0 Å². The van der Waals surface area contributed by atoms with Crippen LogP contribution in [0.1, 0.15) is 24.9 Å². The predicted molar refractivity (Wildman–Crippen MR) is 86.0 cm³/mol. The molecule has 1 unspecified atom stereocenters. The molecule has 1 aromatic rings. The number of rotatable bonds is 8. The number of aliphatic hydroxyl groups is 1. The average Bonchev–Trinajstić information content (AvgIpc) is 2.49. The van der Waals surface area contributed by atoms with E-state index in [-0.39, 0.29) is 25.2 Å². The van der Waals surface area contributed by atoms with Crippen LogP contribution in [-0.4, -0.2) is 42.3 Å². The van der Waals surface area contributed by atoms with Gasteiger partial charge in [-0.1, -0.05) is 6.07 Å². The van der Waals surface area contributed by atoms with Crippen molar-refractivity contribution >= 4 is 23.4 Å². The highest BCUT2D eigenvalue weighted by Gasteiger charge is 2.17. The zero-order valence-corrected chi connectivity index (χ0v) is 13.0. The van der Waals surface area contributed by atoms with Crippen molar-refractivity contribution in [3.8, 4) is 5.75 Å². The number of anilines is 1. The van der Waals surface area contributed by atoms with Gasteiger partial charge in [0.15, 0.2) is 6.61 Å². The lowest BCUT2D eigenvalue weighted by atomic mass is 10.1. The van der Waals surface area contributed by atoms with Gasteiger partial charge in [-0.25, -0.2) is 0 Å². The van der Waals surface area contributed by atoms with Gasteiger partial charge in [0, 0.05) is 24.9 Å². The number of fused-ring (bicyclic) bond motifs is 1. The summed E-state index contributed by atoms with van der Waals surface area (Å²) in [5.41, 5.74) is 1.87. The van der Waals surface area contributed by atoms with Crippen molar-refractivity contribution in [1.29, 1.82) is 0 Å². The van der Waals surface area contributed by atoms with Gasteiger partial charge in [-0.15, -0.1) is 0 Å². The number of thioether (sulfide) groups is 1. The van der Waals surface area contributed by atoms with E-state index in [0.29, 0.717) is 0 Å². The largest absolute Gasteiger partial charge is 0.482 e. The first-order valence-corrected chi connectivity index (χ1v) is 8.35. The van der Waals surface area contributed by atoms with Crippen LogP contribution in [0, 0.1) is 0 Å². The molecule has 6 heteroatoms. The van der Waals surface area contributed by atoms with Crippen LogP contribution >= 0.6 is 11.8 Å². The molecule has 0 aromatic heterocycles. The Morgan fingerprint density at radius 3 is 3.14 bits per heavy atom. The molecule has 116 valence electrons. The minimum absolute atomic E-state index is 0.0885. The van der Waals surface area contributed by atoms with Crippen molar-refractivity contribution in [2.75, 3.05) is 36.6 Å². The van der Waals surface area contributed by atoms with Gasteiger partial charge < -0.3 is 20.5 Å². The van der Waals surface area contributed by atoms with Crippen LogP contribution < -0.4 is 15.4 Å². The average molecular weight is 310 g/mol. The van der Waals surface area contributed by atoms with Crippen LogP contribution in [0.2, 0.25) is 0 Å². The molecule has 1 heterocycles. The molecule has 1 aliphatic heterocycles. The van der Waals surface area contributed by atoms with Gasteiger partial charge in [0.2, 0.25) is 0 Å². The maximum absolute atomic E-state index is 11.3. The Labute approximate surface area is 129 Å². The third-order valence-electron chi connectivity index (χ3n) is 3.28. The molecule has 3 N–H and O–H groups in total. The Hall–Kier alpha value is -1.24. The number of ether oxygens (including phenoxy) is 1. The van der Waals surface area contributed by atoms with Crippen LogP contribution in [0.25, 0.3) is 0 Å². The second-order valence-corrected chi connectivity index (χ2v) is 6.18. The third-order valence-corrected chi connectivity index (χ3v) is 4.35. The quantitative estimate of drug-likeness (QED) is 0.639. The Bertz CT molecular complexity index is 482. The summed E-state index contributed by atoms with van der Waals surface area (Å²) in [6, 6.07) is 6.10. The molecule has 1 aromatic carbocycles. The van der Waals surface area contributed by atoms with Crippen LogP contribution in [0.3, 0.4) is 0 Å². The zero-order valence-electron chi connectivity index (χ0n) is 12.2. The number of hydrogen-bond donors (Lipinski definition) is 3. The third kappa shape index (κ3) is 4.91. The monoisotopic (exact) mass is 310 g/mol. The maximum atomic E-state index is 11.3. The summed E-state index contributed by atoms with van der Waals surface area (Å²) in [4.78, 5) is 11.3. The SMILES string of the molecule is CC(NCCSCCCO)c1ccc2c(c1)NC(=O)CO2. The van der Waals surface area contributed by atoms with Gasteiger partial charge in [0.25, 0.3) is 5.91 Å². The van der Waals surface area contributed by atoms with E-state index in [1.807, 2.05) is 30.0 Å². The fourth-order valence-corrected chi connectivity index (χ4v) is 2.90. The second-order valence-electron chi connectivity index (χ2n) is 4.96. The molecular formula is C15H22N2O3S. The van der Waals surface area contributed by atoms with Crippen molar-refractivity contribution in [1.82, 2.24) is 5.32 Å². The number of amides is 1. The molecule has 0 saturated heterocycles. The Balaban J connectivity index is 1.81. The molecule has 1 atom stereocenters. The molecular weight excluding hydrogens is 288 g/mol. The minimum atomic E-state index is -0.111. The van der Waals surface area contributed by atoms with Gasteiger partial charge in [0.1, 0.15) is 5.75 Å². The van der Waals surface area contributed by atoms with Crippen molar-refractivity contribution in [3.63, 3.8) is 0 Å². The number of nitrogens with one attached hydrogen (secondary N) is 2. The predicted octanol–water partition coefficient (Wildman–Crippen LogP) is 1.78. The van der Waals surface area contributed by atoms with E-state index in [9.17, 15) is 4.79 Å². The van der Waals surface area contributed by atoms with E-state index < -0.39 is 0 Å². The molecule has 2 rings (SSSR count). The topological polar surface area (TPSA) is 70.6 Å². The van der Waals surface area contributed by atoms with Gasteiger partial charge in [-0.05, 0) is 36.8 Å². The molecule has 0 saturated carbocycles. The van der Waals surface area contributed by atoms with Gasteiger partial charge >= 0.3 is 0 Å². The smallest absolute Gasteiger partial charge is 0.262 e.